The Morgan fingerprint density at radius 2 is 1.78 bits per heavy atom. The van der Waals surface area contributed by atoms with Crippen LogP contribution in [-0.4, -0.2) is 46.8 Å². The van der Waals surface area contributed by atoms with Crippen LogP contribution in [0.15, 0.2) is 48.5 Å². The van der Waals surface area contributed by atoms with Gasteiger partial charge in [0.1, 0.15) is 11.8 Å². The van der Waals surface area contributed by atoms with Gasteiger partial charge in [-0.15, -0.1) is 0 Å². The van der Waals surface area contributed by atoms with E-state index in [2.05, 4.69) is 5.32 Å². The Balaban J connectivity index is 1.22. The first kappa shape index (κ1) is 21.9. The van der Waals surface area contributed by atoms with Crippen LogP contribution in [0, 0.1) is 0 Å². The van der Waals surface area contributed by atoms with E-state index in [4.69, 9.17) is 4.74 Å². The Hall–Kier alpha value is -3.35. The second-order valence-corrected chi connectivity index (χ2v) is 8.18. The summed E-state index contributed by atoms with van der Waals surface area (Å²) in [6, 6.07) is 14.8. The van der Waals surface area contributed by atoms with Gasteiger partial charge in [0.2, 0.25) is 5.91 Å². The van der Waals surface area contributed by atoms with Crippen molar-refractivity contribution < 1.29 is 19.1 Å². The number of nitrogens with one attached hydrogen (secondary N) is 1. The largest absolute Gasteiger partial charge is 0.492 e. The van der Waals surface area contributed by atoms with E-state index in [0.29, 0.717) is 56.8 Å². The number of benzene rings is 2. The lowest BCUT2D eigenvalue weighted by atomic mass is 9.95. The number of urea groups is 1. The maximum Gasteiger partial charge on any atom is 0.327 e. The molecule has 0 radical (unpaired) electrons. The van der Waals surface area contributed by atoms with E-state index in [1.54, 1.807) is 4.90 Å². The first-order chi connectivity index (χ1) is 15.6. The summed E-state index contributed by atoms with van der Waals surface area (Å²) in [6.07, 6.45) is 3.11. The highest BCUT2D eigenvalue weighted by Gasteiger charge is 2.46. The summed E-state index contributed by atoms with van der Waals surface area (Å²) < 4.78 is 5.53. The van der Waals surface area contributed by atoms with Crippen molar-refractivity contribution in [3.8, 4) is 5.75 Å². The van der Waals surface area contributed by atoms with Crippen LogP contribution in [-0.2, 0) is 22.6 Å². The van der Waals surface area contributed by atoms with Crippen molar-refractivity contribution in [3.05, 3.63) is 59.7 Å². The predicted molar refractivity (Wildman–Crippen MR) is 121 cm³/mol. The highest BCUT2D eigenvalue weighted by molar-refractivity contribution is 6.04. The summed E-state index contributed by atoms with van der Waals surface area (Å²) in [4.78, 5) is 40.9. The molecule has 168 valence electrons. The van der Waals surface area contributed by atoms with Crippen molar-refractivity contribution in [1.29, 1.82) is 0 Å². The number of nitrogens with zero attached hydrogens (tertiary/aromatic N) is 2. The van der Waals surface area contributed by atoms with E-state index >= 15 is 0 Å². The molecule has 1 unspecified atom stereocenters. The second-order valence-electron chi connectivity index (χ2n) is 8.18. The normalized spacial score (nSPS) is 17.2. The quantitative estimate of drug-likeness (QED) is 0.477. The molecule has 1 fully saturated rings. The van der Waals surface area contributed by atoms with Crippen LogP contribution in [0.4, 0.5) is 10.5 Å². The van der Waals surface area contributed by atoms with Gasteiger partial charge >= 0.3 is 6.03 Å². The molecule has 0 aliphatic carbocycles. The summed E-state index contributed by atoms with van der Waals surface area (Å²) in [6.45, 7) is 3.32. The lowest BCUT2D eigenvalue weighted by Gasteiger charge is -2.28. The zero-order chi connectivity index (χ0) is 22.5. The summed E-state index contributed by atoms with van der Waals surface area (Å²) in [5, 5.41) is 2.89. The molecule has 32 heavy (non-hydrogen) atoms. The minimum absolute atomic E-state index is 0.0691. The lowest BCUT2D eigenvalue weighted by molar-refractivity contribution is -0.128. The smallest absolute Gasteiger partial charge is 0.327 e. The van der Waals surface area contributed by atoms with E-state index in [1.807, 2.05) is 55.5 Å². The molecule has 4 amide bonds. The molecule has 7 heteroatoms. The molecule has 1 saturated heterocycles. The van der Waals surface area contributed by atoms with Crippen LogP contribution in [0.3, 0.4) is 0 Å². The number of ether oxygens (including phenoxy) is 1. The first-order valence-corrected chi connectivity index (χ1v) is 11.3. The molecule has 2 heterocycles. The van der Waals surface area contributed by atoms with Gasteiger partial charge in [-0.2, -0.15) is 0 Å². The van der Waals surface area contributed by atoms with Crippen molar-refractivity contribution in [1.82, 2.24) is 9.80 Å². The fraction of sp³-hybridized carbons (Fsp3) is 0.400. The van der Waals surface area contributed by atoms with Crippen LogP contribution in [0.25, 0.3) is 0 Å². The molecule has 0 saturated carbocycles. The first-order valence-electron chi connectivity index (χ1n) is 11.3. The zero-order valence-electron chi connectivity index (χ0n) is 18.4. The standard InChI is InChI=1S/C25H29N3O4/c1-2-32-22-13-8-7-12-20(22)26-23(29)14-4-3-9-15-27-24(30)21-16-18-10-5-6-11-19(18)17-28(21)25(27)31/h5-8,10-13,21H,2-4,9,14-17H2,1H3,(H,26,29). The second kappa shape index (κ2) is 9.85. The number of hydrogen-bond donors (Lipinski definition) is 1. The van der Waals surface area contributed by atoms with Gasteiger partial charge in [0, 0.05) is 25.9 Å². The molecule has 7 nitrogen and oxygen atoms in total. The number of hydrogen-bond acceptors (Lipinski definition) is 4. The fourth-order valence-corrected chi connectivity index (χ4v) is 4.38. The van der Waals surface area contributed by atoms with Gasteiger partial charge in [0.05, 0.1) is 12.3 Å². The molecule has 1 atom stereocenters. The minimum Gasteiger partial charge on any atom is -0.492 e. The van der Waals surface area contributed by atoms with Crippen LogP contribution < -0.4 is 10.1 Å². The number of imide groups is 1. The highest BCUT2D eigenvalue weighted by Crippen LogP contribution is 2.30. The Labute approximate surface area is 188 Å². The summed E-state index contributed by atoms with van der Waals surface area (Å²) in [7, 11) is 0. The predicted octanol–water partition coefficient (Wildman–Crippen LogP) is 3.97. The van der Waals surface area contributed by atoms with E-state index in [9.17, 15) is 14.4 Å². The molecular weight excluding hydrogens is 406 g/mol. The highest BCUT2D eigenvalue weighted by atomic mass is 16.5. The molecule has 0 aromatic heterocycles. The van der Waals surface area contributed by atoms with Crippen molar-refractivity contribution in [3.63, 3.8) is 0 Å². The van der Waals surface area contributed by atoms with Crippen molar-refractivity contribution >= 4 is 23.5 Å². The summed E-state index contributed by atoms with van der Waals surface area (Å²) in [5.74, 6) is 0.489. The molecular formula is C25H29N3O4. The lowest BCUT2D eigenvalue weighted by Crippen LogP contribution is -2.39. The van der Waals surface area contributed by atoms with Gasteiger partial charge in [-0.25, -0.2) is 4.79 Å². The number of anilines is 1. The van der Waals surface area contributed by atoms with E-state index in [-0.39, 0.29) is 23.9 Å². The third-order valence-electron chi connectivity index (χ3n) is 6.02. The van der Waals surface area contributed by atoms with Gasteiger partial charge in [-0.1, -0.05) is 42.8 Å². The number of para-hydroxylation sites is 2. The van der Waals surface area contributed by atoms with Crippen molar-refractivity contribution in [2.75, 3.05) is 18.5 Å². The molecule has 2 aliphatic rings. The number of carbonyl (C=O) groups excluding carboxylic acids is 3. The van der Waals surface area contributed by atoms with Crippen molar-refractivity contribution in [2.24, 2.45) is 0 Å². The van der Waals surface area contributed by atoms with Crippen LogP contribution in [0.5, 0.6) is 5.75 Å². The van der Waals surface area contributed by atoms with Gasteiger partial charge in [-0.05, 0) is 43.0 Å². The summed E-state index contributed by atoms with van der Waals surface area (Å²) >= 11 is 0. The number of fused-ring (bicyclic) bond motifs is 2. The van der Waals surface area contributed by atoms with E-state index in [0.717, 1.165) is 17.5 Å². The maximum atomic E-state index is 12.8. The minimum atomic E-state index is -0.381. The Morgan fingerprint density at radius 1 is 1.03 bits per heavy atom. The molecule has 1 N–H and O–H groups in total. The van der Waals surface area contributed by atoms with Gasteiger partial charge in [-0.3, -0.25) is 14.5 Å². The van der Waals surface area contributed by atoms with Crippen molar-refractivity contribution in [2.45, 2.75) is 51.6 Å². The number of unbranched alkanes of at least 4 members (excludes halogenated alkanes) is 2. The van der Waals surface area contributed by atoms with Gasteiger partial charge in [0.15, 0.2) is 0 Å². The Morgan fingerprint density at radius 3 is 2.59 bits per heavy atom. The molecule has 2 aromatic carbocycles. The number of amides is 4. The fourth-order valence-electron chi connectivity index (χ4n) is 4.38. The van der Waals surface area contributed by atoms with Crippen LogP contribution >= 0.6 is 0 Å². The Bertz CT molecular complexity index is 963. The maximum absolute atomic E-state index is 12.8. The molecule has 4 rings (SSSR count). The molecule has 0 spiro atoms. The summed E-state index contributed by atoms with van der Waals surface area (Å²) in [5.41, 5.74) is 2.93. The van der Waals surface area contributed by atoms with E-state index in [1.165, 1.54) is 4.90 Å². The van der Waals surface area contributed by atoms with Crippen LogP contribution in [0.2, 0.25) is 0 Å². The topological polar surface area (TPSA) is 79.0 Å². The third kappa shape index (κ3) is 4.61. The Kier molecular flexibility index (Phi) is 6.73. The number of carbonyl (C=O) groups is 3. The number of rotatable bonds is 9. The SMILES string of the molecule is CCOc1ccccc1NC(=O)CCCCCN1C(=O)C2Cc3ccccc3CN2C1=O. The monoisotopic (exact) mass is 435 g/mol. The average Bonchev–Trinajstić information content (AvgIpc) is 3.03. The van der Waals surface area contributed by atoms with Crippen LogP contribution in [0.1, 0.15) is 43.7 Å². The zero-order valence-corrected chi connectivity index (χ0v) is 18.4. The molecule has 2 aromatic rings. The van der Waals surface area contributed by atoms with Gasteiger partial charge in [0.25, 0.3) is 5.91 Å². The average molecular weight is 436 g/mol. The molecule has 2 aliphatic heterocycles. The van der Waals surface area contributed by atoms with E-state index < -0.39 is 0 Å². The van der Waals surface area contributed by atoms with Gasteiger partial charge < -0.3 is 15.0 Å². The third-order valence-corrected chi connectivity index (χ3v) is 6.02. The molecule has 0 bridgehead atoms.